The number of hydrogen-bond acceptors (Lipinski definition) is 4. The number of nitrogens with zero attached hydrogens (tertiary/aromatic N) is 1. The van der Waals surface area contributed by atoms with Gasteiger partial charge in [-0.3, -0.25) is 9.69 Å². The molecule has 6 heteroatoms. The first-order valence-electron chi connectivity index (χ1n) is 5.20. The highest BCUT2D eigenvalue weighted by molar-refractivity contribution is 9.10. The SMILES string of the molecule is C#CCN1C(=O)C(=Cc2ccc(O)c(Br)c2)SC1=S. The number of hydrogen-bond donors (Lipinski definition) is 1. The highest BCUT2D eigenvalue weighted by atomic mass is 79.9. The zero-order valence-corrected chi connectivity index (χ0v) is 12.8. The average Bonchev–Trinajstić information content (AvgIpc) is 2.62. The lowest BCUT2D eigenvalue weighted by Gasteiger charge is -2.08. The molecule has 0 aliphatic carbocycles. The Balaban J connectivity index is 2.30. The van der Waals surface area contributed by atoms with Crippen molar-refractivity contribution in [2.75, 3.05) is 6.54 Å². The van der Waals surface area contributed by atoms with Gasteiger partial charge in [0.15, 0.2) is 0 Å². The van der Waals surface area contributed by atoms with E-state index in [0.717, 1.165) is 5.56 Å². The van der Waals surface area contributed by atoms with E-state index in [9.17, 15) is 9.90 Å². The molecule has 0 unspecified atom stereocenters. The monoisotopic (exact) mass is 353 g/mol. The van der Waals surface area contributed by atoms with Gasteiger partial charge in [-0.2, -0.15) is 0 Å². The van der Waals surface area contributed by atoms with Gasteiger partial charge in [-0.25, -0.2) is 0 Å². The molecule has 0 aromatic heterocycles. The van der Waals surface area contributed by atoms with Crippen molar-refractivity contribution in [2.24, 2.45) is 0 Å². The maximum atomic E-state index is 12.1. The number of benzene rings is 1. The second kappa shape index (κ2) is 5.78. The first kappa shape index (κ1) is 14.1. The first-order chi connectivity index (χ1) is 9.02. The van der Waals surface area contributed by atoms with Gasteiger partial charge in [-0.15, -0.1) is 6.42 Å². The van der Waals surface area contributed by atoms with Crippen LogP contribution in [0.2, 0.25) is 0 Å². The predicted octanol–water partition coefficient (Wildman–Crippen LogP) is 2.99. The van der Waals surface area contributed by atoms with Gasteiger partial charge in [-0.1, -0.05) is 36.0 Å². The molecule has 1 heterocycles. The molecule has 0 saturated carbocycles. The highest BCUT2D eigenvalue weighted by Gasteiger charge is 2.31. The Labute approximate surface area is 128 Å². The molecule has 1 aromatic rings. The molecule has 1 aromatic carbocycles. The molecule has 1 amide bonds. The molecule has 1 aliphatic rings. The van der Waals surface area contributed by atoms with E-state index in [2.05, 4.69) is 21.9 Å². The number of phenols is 1. The smallest absolute Gasteiger partial charge is 0.267 e. The van der Waals surface area contributed by atoms with Crippen molar-refractivity contribution in [1.82, 2.24) is 4.90 Å². The lowest BCUT2D eigenvalue weighted by Crippen LogP contribution is -2.28. The Kier molecular flexibility index (Phi) is 4.30. The topological polar surface area (TPSA) is 40.5 Å². The predicted molar refractivity (Wildman–Crippen MR) is 84.5 cm³/mol. The molecule has 19 heavy (non-hydrogen) atoms. The van der Waals surface area contributed by atoms with Crippen molar-refractivity contribution in [3.63, 3.8) is 0 Å². The molecule has 0 atom stereocenters. The fourth-order valence-corrected chi connectivity index (χ4v) is 3.14. The molecule has 0 radical (unpaired) electrons. The molecule has 96 valence electrons. The largest absolute Gasteiger partial charge is 0.507 e. The Hall–Kier alpha value is -1.29. The molecule has 2 rings (SSSR count). The number of halogens is 1. The number of carbonyl (C=O) groups excluding carboxylic acids is 1. The molecule has 1 aliphatic heterocycles. The van der Waals surface area contributed by atoms with Crippen LogP contribution in [0.4, 0.5) is 0 Å². The normalized spacial score (nSPS) is 17.1. The second-order valence-corrected chi connectivity index (χ2v) is 6.21. The average molecular weight is 354 g/mol. The van der Waals surface area contributed by atoms with Crippen molar-refractivity contribution >= 4 is 56.2 Å². The van der Waals surface area contributed by atoms with Crippen LogP contribution < -0.4 is 0 Å². The van der Waals surface area contributed by atoms with Crippen LogP contribution in [0, 0.1) is 12.3 Å². The number of phenolic OH excluding ortho intramolecular Hbond substituents is 1. The number of terminal acetylenes is 1. The Bertz CT molecular complexity index is 634. The third-order valence-electron chi connectivity index (χ3n) is 2.39. The molecular formula is C13H8BrNO2S2. The highest BCUT2D eigenvalue weighted by Crippen LogP contribution is 2.33. The molecule has 1 saturated heterocycles. The summed E-state index contributed by atoms with van der Waals surface area (Å²) in [5, 5.41) is 9.42. The van der Waals surface area contributed by atoms with Crippen LogP contribution in [0.1, 0.15) is 5.56 Å². The van der Waals surface area contributed by atoms with Crippen molar-refractivity contribution in [3.8, 4) is 18.1 Å². The Morgan fingerprint density at radius 2 is 2.32 bits per heavy atom. The van der Waals surface area contributed by atoms with Gasteiger partial charge < -0.3 is 5.11 Å². The minimum atomic E-state index is -0.183. The van der Waals surface area contributed by atoms with Crippen molar-refractivity contribution < 1.29 is 9.90 Å². The zero-order chi connectivity index (χ0) is 14.0. The number of aromatic hydroxyl groups is 1. The summed E-state index contributed by atoms with van der Waals surface area (Å²) < 4.78 is 1.03. The van der Waals surface area contributed by atoms with Crippen LogP contribution in [-0.4, -0.2) is 26.8 Å². The molecule has 1 N–H and O–H groups in total. The van der Waals surface area contributed by atoms with Crippen LogP contribution in [0.15, 0.2) is 27.6 Å². The summed E-state index contributed by atoms with van der Waals surface area (Å²) in [5.41, 5.74) is 0.797. The van der Waals surface area contributed by atoms with E-state index in [-0.39, 0.29) is 18.2 Å². The summed E-state index contributed by atoms with van der Waals surface area (Å²) in [6.45, 7) is 0.182. The van der Waals surface area contributed by atoms with E-state index >= 15 is 0 Å². The van der Waals surface area contributed by atoms with Gasteiger partial charge in [0.2, 0.25) is 0 Å². The van der Waals surface area contributed by atoms with E-state index < -0.39 is 0 Å². The molecule has 3 nitrogen and oxygen atoms in total. The lowest BCUT2D eigenvalue weighted by molar-refractivity contribution is -0.121. The summed E-state index contributed by atoms with van der Waals surface area (Å²) >= 11 is 9.55. The summed E-state index contributed by atoms with van der Waals surface area (Å²) in [5.74, 6) is 2.37. The molecule has 1 fully saturated rings. The minimum absolute atomic E-state index is 0.150. The number of amides is 1. The maximum absolute atomic E-state index is 12.1. The third-order valence-corrected chi connectivity index (χ3v) is 4.41. The molecule has 0 spiro atoms. The lowest BCUT2D eigenvalue weighted by atomic mass is 10.2. The second-order valence-electron chi connectivity index (χ2n) is 3.68. The van der Waals surface area contributed by atoms with Crippen molar-refractivity contribution in [1.29, 1.82) is 0 Å². The van der Waals surface area contributed by atoms with E-state index in [1.54, 1.807) is 24.3 Å². The van der Waals surface area contributed by atoms with Crippen molar-refractivity contribution in [3.05, 3.63) is 33.1 Å². The standard InChI is InChI=1S/C13H8BrNO2S2/c1-2-5-15-12(17)11(19-13(15)18)7-8-3-4-10(16)9(14)6-8/h1,3-4,6-7,16H,5H2. The number of carbonyl (C=O) groups is 1. The van der Waals surface area contributed by atoms with E-state index in [1.807, 2.05) is 0 Å². The van der Waals surface area contributed by atoms with E-state index in [4.69, 9.17) is 18.6 Å². The fraction of sp³-hybridized carbons (Fsp3) is 0.0769. The minimum Gasteiger partial charge on any atom is -0.507 e. The summed E-state index contributed by atoms with van der Waals surface area (Å²) in [6, 6.07) is 5.00. The molecular weight excluding hydrogens is 346 g/mol. The van der Waals surface area contributed by atoms with Gasteiger partial charge in [0.25, 0.3) is 5.91 Å². The summed E-state index contributed by atoms with van der Waals surface area (Å²) in [7, 11) is 0. The van der Waals surface area contributed by atoms with Gasteiger partial charge >= 0.3 is 0 Å². The zero-order valence-electron chi connectivity index (χ0n) is 9.59. The fourth-order valence-electron chi connectivity index (χ4n) is 1.49. The molecule has 0 bridgehead atoms. The summed E-state index contributed by atoms with van der Waals surface area (Å²) in [4.78, 5) is 14.0. The van der Waals surface area contributed by atoms with Crippen LogP contribution in [0.5, 0.6) is 5.75 Å². The van der Waals surface area contributed by atoms with Gasteiger partial charge in [0, 0.05) is 0 Å². The summed E-state index contributed by atoms with van der Waals surface area (Å²) in [6.07, 6.45) is 6.92. The third kappa shape index (κ3) is 3.00. The van der Waals surface area contributed by atoms with E-state index in [1.165, 1.54) is 16.7 Å². The van der Waals surface area contributed by atoms with Crippen LogP contribution >= 0.6 is 39.9 Å². The number of rotatable bonds is 2. The maximum Gasteiger partial charge on any atom is 0.267 e. The Morgan fingerprint density at radius 1 is 1.58 bits per heavy atom. The van der Waals surface area contributed by atoms with Gasteiger partial charge in [0.1, 0.15) is 10.1 Å². The van der Waals surface area contributed by atoms with Crippen molar-refractivity contribution in [2.45, 2.75) is 0 Å². The quantitative estimate of drug-likeness (QED) is 0.504. The number of thioether (sulfide) groups is 1. The van der Waals surface area contributed by atoms with Gasteiger partial charge in [0.05, 0.1) is 15.9 Å². The van der Waals surface area contributed by atoms with Gasteiger partial charge in [-0.05, 0) is 39.7 Å². The van der Waals surface area contributed by atoms with E-state index in [0.29, 0.717) is 13.7 Å². The van der Waals surface area contributed by atoms with Crippen LogP contribution in [-0.2, 0) is 4.79 Å². The Morgan fingerprint density at radius 3 is 2.95 bits per heavy atom. The first-order valence-corrected chi connectivity index (χ1v) is 7.22. The van der Waals surface area contributed by atoms with Crippen LogP contribution in [0.25, 0.3) is 6.08 Å². The van der Waals surface area contributed by atoms with Crippen LogP contribution in [0.3, 0.4) is 0 Å². The number of thiocarbonyl (C=S) groups is 1.